The fourth-order valence-electron chi connectivity index (χ4n) is 3.27. The predicted octanol–water partition coefficient (Wildman–Crippen LogP) is 2.98. The van der Waals surface area contributed by atoms with Crippen molar-refractivity contribution >= 4 is 27.2 Å². The summed E-state index contributed by atoms with van der Waals surface area (Å²) < 4.78 is 0. The molecule has 2 N–H and O–H groups in total. The van der Waals surface area contributed by atoms with Crippen molar-refractivity contribution in [2.45, 2.75) is 12.2 Å². The van der Waals surface area contributed by atoms with E-state index in [1.807, 2.05) is 24.3 Å². The fraction of sp³-hybridized carbons (Fsp3) is 0.125. The van der Waals surface area contributed by atoms with E-state index in [0.717, 1.165) is 16.2 Å². The van der Waals surface area contributed by atoms with Crippen LogP contribution in [0.5, 0.6) is 0 Å². The second-order valence-electron chi connectivity index (χ2n) is 5.25. The monoisotopic (exact) mass is 281 g/mol. The van der Waals surface area contributed by atoms with Gasteiger partial charge in [-0.3, -0.25) is 10.1 Å². The lowest BCUT2D eigenvalue weighted by molar-refractivity contribution is -0.386. The van der Waals surface area contributed by atoms with Crippen LogP contribution >= 0.6 is 0 Å². The van der Waals surface area contributed by atoms with E-state index in [4.69, 9.17) is 0 Å². The first-order valence-electron chi connectivity index (χ1n) is 6.58. The van der Waals surface area contributed by atoms with Crippen molar-refractivity contribution in [2.75, 3.05) is 0 Å². The molecule has 4 rings (SSSR count). The van der Waals surface area contributed by atoms with E-state index in [1.165, 1.54) is 6.07 Å². The third kappa shape index (κ3) is 1.47. The molecule has 0 saturated heterocycles. The van der Waals surface area contributed by atoms with Crippen molar-refractivity contribution in [1.29, 1.82) is 0 Å². The summed E-state index contributed by atoms with van der Waals surface area (Å²) in [6, 6.07) is 12.3. The maximum absolute atomic E-state index is 11.2. The molecule has 2 atom stereocenters. The zero-order chi connectivity index (χ0) is 14.7. The number of nitrogens with zero attached hydrogens (tertiary/aromatic N) is 1. The van der Waals surface area contributed by atoms with E-state index in [1.54, 1.807) is 12.1 Å². The quantitative estimate of drug-likeness (QED) is 0.408. The van der Waals surface area contributed by atoms with E-state index >= 15 is 0 Å². The van der Waals surface area contributed by atoms with Crippen LogP contribution in [0.25, 0.3) is 21.5 Å². The van der Waals surface area contributed by atoms with Crippen LogP contribution in [0.3, 0.4) is 0 Å². The van der Waals surface area contributed by atoms with Crippen molar-refractivity contribution in [1.82, 2.24) is 0 Å². The van der Waals surface area contributed by atoms with E-state index in [-0.39, 0.29) is 11.3 Å². The summed E-state index contributed by atoms with van der Waals surface area (Å²) in [5.41, 5.74) is 0.656. The van der Waals surface area contributed by atoms with Crippen LogP contribution in [0.1, 0.15) is 23.3 Å². The average Bonchev–Trinajstić information content (AvgIpc) is 2.50. The van der Waals surface area contributed by atoms with Crippen LogP contribution in [0.15, 0.2) is 42.5 Å². The summed E-state index contributed by atoms with van der Waals surface area (Å²) in [4.78, 5) is 10.7. The number of aliphatic hydroxyl groups is 2. The largest absolute Gasteiger partial charge is 0.385 e. The molecule has 0 unspecified atom stereocenters. The molecule has 21 heavy (non-hydrogen) atoms. The molecular weight excluding hydrogens is 270 g/mol. The maximum Gasteiger partial charge on any atom is 0.275 e. The minimum absolute atomic E-state index is 0.156. The zero-order valence-electron chi connectivity index (χ0n) is 10.9. The number of nitro benzene ring substituents is 1. The minimum atomic E-state index is -1.30. The minimum Gasteiger partial charge on any atom is -0.385 e. The fourth-order valence-corrected chi connectivity index (χ4v) is 3.27. The van der Waals surface area contributed by atoms with Gasteiger partial charge in [-0.15, -0.1) is 0 Å². The molecule has 5 nitrogen and oxygen atoms in total. The van der Waals surface area contributed by atoms with Crippen LogP contribution in [0.2, 0.25) is 0 Å². The SMILES string of the molecule is O=[N+]([O-])c1ccc2ccc3cccc4c3c2c1[C@H](O)[C@@H]4O. The van der Waals surface area contributed by atoms with Crippen LogP contribution in [0, 0.1) is 10.1 Å². The van der Waals surface area contributed by atoms with Crippen molar-refractivity contribution in [3.63, 3.8) is 0 Å². The Morgan fingerprint density at radius 3 is 2.29 bits per heavy atom. The molecular formula is C16H11NO4. The van der Waals surface area contributed by atoms with Gasteiger partial charge in [0.15, 0.2) is 0 Å². The summed E-state index contributed by atoms with van der Waals surface area (Å²) in [5, 5.41) is 35.1. The van der Waals surface area contributed by atoms with Gasteiger partial charge in [0, 0.05) is 11.5 Å². The number of aliphatic hydroxyl groups excluding tert-OH is 2. The second-order valence-corrected chi connectivity index (χ2v) is 5.25. The van der Waals surface area contributed by atoms with Crippen molar-refractivity contribution in [3.05, 3.63) is 63.7 Å². The Morgan fingerprint density at radius 2 is 1.57 bits per heavy atom. The highest BCUT2D eigenvalue weighted by atomic mass is 16.6. The van der Waals surface area contributed by atoms with Gasteiger partial charge in [0.25, 0.3) is 5.69 Å². The maximum atomic E-state index is 11.2. The Morgan fingerprint density at radius 1 is 0.905 bits per heavy atom. The molecule has 3 aromatic carbocycles. The summed E-state index contributed by atoms with van der Waals surface area (Å²) in [7, 11) is 0. The second kappa shape index (κ2) is 4.00. The molecule has 0 spiro atoms. The normalized spacial score (nSPS) is 20.3. The van der Waals surface area contributed by atoms with Crippen LogP contribution < -0.4 is 0 Å². The molecule has 5 heteroatoms. The first kappa shape index (κ1) is 12.3. The van der Waals surface area contributed by atoms with Gasteiger partial charge in [-0.2, -0.15) is 0 Å². The molecule has 0 aromatic heterocycles. The Kier molecular flexibility index (Phi) is 2.34. The predicted molar refractivity (Wildman–Crippen MR) is 78.0 cm³/mol. The highest BCUT2D eigenvalue weighted by Crippen LogP contribution is 2.47. The lowest BCUT2D eigenvalue weighted by Gasteiger charge is -2.27. The molecule has 1 aliphatic rings. The smallest absolute Gasteiger partial charge is 0.275 e. The first-order valence-corrected chi connectivity index (χ1v) is 6.58. The molecule has 0 fully saturated rings. The van der Waals surface area contributed by atoms with E-state index in [9.17, 15) is 20.3 Å². The van der Waals surface area contributed by atoms with Gasteiger partial charge in [-0.1, -0.05) is 30.3 Å². The lowest BCUT2D eigenvalue weighted by atomic mass is 9.82. The lowest BCUT2D eigenvalue weighted by Crippen LogP contribution is -2.17. The van der Waals surface area contributed by atoms with Crippen LogP contribution in [-0.4, -0.2) is 15.1 Å². The zero-order valence-corrected chi connectivity index (χ0v) is 10.9. The van der Waals surface area contributed by atoms with E-state index in [2.05, 4.69) is 0 Å². The third-order valence-electron chi connectivity index (χ3n) is 4.19. The number of nitro groups is 1. The Bertz CT molecular complexity index is 919. The Hall–Kier alpha value is -2.50. The van der Waals surface area contributed by atoms with Gasteiger partial charge < -0.3 is 10.2 Å². The van der Waals surface area contributed by atoms with Gasteiger partial charge in [0.2, 0.25) is 0 Å². The summed E-state index contributed by atoms with van der Waals surface area (Å²) >= 11 is 0. The number of hydrogen-bond acceptors (Lipinski definition) is 4. The standard InChI is InChI=1S/C16H11NO4/c18-15-10-3-1-2-8-4-5-9-6-7-11(17(20)21)14(16(15)19)13(9)12(8)10/h1-7,15-16,18-19H/t15-,16+/m1/s1. The number of hydrogen-bond donors (Lipinski definition) is 2. The summed E-state index contributed by atoms with van der Waals surface area (Å²) in [6.45, 7) is 0. The van der Waals surface area contributed by atoms with Crippen molar-refractivity contribution in [2.24, 2.45) is 0 Å². The van der Waals surface area contributed by atoms with Gasteiger partial charge in [-0.25, -0.2) is 0 Å². The highest BCUT2D eigenvalue weighted by molar-refractivity contribution is 6.13. The molecule has 0 aliphatic heterocycles. The molecule has 104 valence electrons. The first-order chi connectivity index (χ1) is 10.1. The Labute approximate surface area is 119 Å². The topological polar surface area (TPSA) is 83.6 Å². The van der Waals surface area contributed by atoms with Gasteiger partial charge >= 0.3 is 0 Å². The Balaban J connectivity index is 2.33. The highest BCUT2D eigenvalue weighted by Gasteiger charge is 2.35. The molecule has 0 heterocycles. The van der Waals surface area contributed by atoms with Crippen molar-refractivity contribution in [3.8, 4) is 0 Å². The van der Waals surface area contributed by atoms with Gasteiger partial charge in [0.1, 0.15) is 12.2 Å². The average molecular weight is 281 g/mol. The molecule has 0 amide bonds. The number of benzene rings is 3. The van der Waals surface area contributed by atoms with E-state index in [0.29, 0.717) is 10.9 Å². The van der Waals surface area contributed by atoms with Gasteiger partial charge in [-0.05, 0) is 27.8 Å². The molecule has 0 bridgehead atoms. The summed E-state index contributed by atoms with van der Waals surface area (Å²) in [6.07, 6.45) is -2.46. The molecule has 0 saturated carbocycles. The van der Waals surface area contributed by atoms with Crippen LogP contribution in [0.4, 0.5) is 5.69 Å². The molecule has 3 aromatic rings. The number of rotatable bonds is 1. The van der Waals surface area contributed by atoms with Crippen LogP contribution in [-0.2, 0) is 0 Å². The summed E-state index contributed by atoms with van der Waals surface area (Å²) in [5.74, 6) is 0. The molecule has 0 radical (unpaired) electrons. The van der Waals surface area contributed by atoms with E-state index < -0.39 is 17.1 Å². The third-order valence-corrected chi connectivity index (χ3v) is 4.19. The molecule has 1 aliphatic carbocycles. The van der Waals surface area contributed by atoms with Gasteiger partial charge in [0.05, 0.1) is 10.5 Å². The van der Waals surface area contributed by atoms with Crippen molar-refractivity contribution < 1.29 is 15.1 Å².